The summed E-state index contributed by atoms with van der Waals surface area (Å²) in [6.07, 6.45) is 6.80. The van der Waals surface area contributed by atoms with Crippen LogP contribution in [0.4, 0.5) is 0 Å². The Balaban J connectivity index is 1.85. The molecule has 1 saturated carbocycles. The molecule has 1 saturated heterocycles. The molecule has 2 rings (SSSR count). The molecule has 0 radical (unpaired) electrons. The highest BCUT2D eigenvalue weighted by atomic mass is 32.2. The number of aliphatic imine (C=N–C) groups is 1. The van der Waals surface area contributed by atoms with Gasteiger partial charge in [-0.05, 0) is 25.7 Å². The Labute approximate surface area is 105 Å². The minimum atomic E-state index is -0.623. The molecule has 1 aliphatic heterocycles. The fourth-order valence-corrected chi connectivity index (χ4v) is 3.75. The van der Waals surface area contributed by atoms with Gasteiger partial charge in [0.15, 0.2) is 0 Å². The van der Waals surface area contributed by atoms with E-state index in [0.29, 0.717) is 12.0 Å². The van der Waals surface area contributed by atoms with Gasteiger partial charge >= 0.3 is 0 Å². The topological polar surface area (TPSA) is 79.5 Å². The van der Waals surface area contributed by atoms with E-state index in [4.69, 9.17) is 5.84 Å². The summed E-state index contributed by atoms with van der Waals surface area (Å²) in [4.78, 5) is 4.59. The van der Waals surface area contributed by atoms with E-state index in [1.54, 1.807) is 0 Å². The van der Waals surface area contributed by atoms with Crippen molar-refractivity contribution in [2.45, 2.75) is 50.6 Å². The Kier molecular flexibility index (Phi) is 4.79. The third-order valence-electron chi connectivity index (χ3n) is 3.50. The molecule has 0 amide bonds. The smallest absolute Gasteiger partial charge is 0.206 e. The van der Waals surface area contributed by atoms with Gasteiger partial charge in [-0.15, -0.1) is 0 Å². The molecule has 0 aromatic heterocycles. The minimum Gasteiger partial charge on any atom is -0.353 e. The third kappa shape index (κ3) is 3.96. The minimum absolute atomic E-state index is 0.271. The highest BCUT2D eigenvalue weighted by Crippen LogP contribution is 2.18. The van der Waals surface area contributed by atoms with Crippen LogP contribution in [0.15, 0.2) is 4.99 Å². The van der Waals surface area contributed by atoms with E-state index in [1.165, 1.54) is 25.7 Å². The lowest BCUT2D eigenvalue weighted by Gasteiger charge is -2.21. The number of hydrogen-bond donors (Lipinski definition) is 3. The van der Waals surface area contributed by atoms with E-state index in [0.717, 1.165) is 24.3 Å². The van der Waals surface area contributed by atoms with Gasteiger partial charge in [0.1, 0.15) is 0 Å². The number of nitrogens with zero attached hydrogens (tertiary/aromatic N) is 1. The molecular weight excluding hydrogens is 236 g/mol. The third-order valence-corrected chi connectivity index (χ3v) is 4.88. The highest BCUT2D eigenvalue weighted by Gasteiger charge is 2.19. The lowest BCUT2D eigenvalue weighted by atomic mass is 10.2. The summed E-state index contributed by atoms with van der Waals surface area (Å²) >= 11 is 0. The van der Waals surface area contributed by atoms with E-state index in [-0.39, 0.29) is 6.04 Å². The van der Waals surface area contributed by atoms with Gasteiger partial charge in [0, 0.05) is 28.3 Å². The highest BCUT2D eigenvalue weighted by molar-refractivity contribution is 7.85. The van der Waals surface area contributed by atoms with Crippen molar-refractivity contribution in [1.82, 2.24) is 10.7 Å². The summed E-state index contributed by atoms with van der Waals surface area (Å²) in [5, 5.41) is 3.36. The lowest BCUT2D eigenvalue weighted by molar-refractivity contribution is 0.575. The van der Waals surface area contributed by atoms with E-state index in [1.807, 2.05) is 0 Å². The van der Waals surface area contributed by atoms with Crippen LogP contribution < -0.4 is 16.6 Å². The zero-order valence-electron chi connectivity index (χ0n) is 10.2. The lowest BCUT2D eigenvalue weighted by Crippen LogP contribution is -2.46. The number of nitrogens with two attached hydrogens (primary N) is 1. The predicted molar refractivity (Wildman–Crippen MR) is 71.0 cm³/mol. The maximum absolute atomic E-state index is 11.2. The molecule has 2 aliphatic rings. The van der Waals surface area contributed by atoms with Crippen molar-refractivity contribution in [2.75, 3.05) is 11.5 Å². The SMILES string of the molecule is NNC(=NC1CCS(=O)CC1)NC1CCCC1. The van der Waals surface area contributed by atoms with E-state index < -0.39 is 10.8 Å². The van der Waals surface area contributed by atoms with Gasteiger partial charge in [0.25, 0.3) is 0 Å². The molecule has 2 fully saturated rings. The number of hydrazine groups is 1. The van der Waals surface area contributed by atoms with Crippen molar-refractivity contribution in [2.24, 2.45) is 10.8 Å². The second-order valence-corrected chi connectivity index (χ2v) is 6.52. The Morgan fingerprint density at radius 1 is 1.18 bits per heavy atom. The summed E-state index contributed by atoms with van der Waals surface area (Å²) in [5.74, 6) is 7.74. The molecule has 1 heterocycles. The van der Waals surface area contributed by atoms with Crippen LogP contribution in [0.25, 0.3) is 0 Å². The monoisotopic (exact) mass is 258 g/mol. The molecule has 0 spiro atoms. The molecule has 1 aliphatic carbocycles. The number of hydrogen-bond acceptors (Lipinski definition) is 3. The molecule has 0 bridgehead atoms. The fourth-order valence-electron chi connectivity index (χ4n) is 2.47. The zero-order valence-corrected chi connectivity index (χ0v) is 11.0. The van der Waals surface area contributed by atoms with Crippen molar-refractivity contribution in [3.05, 3.63) is 0 Å². The molecule has 98 valence electrons. The largest absolute Gasteiger partial charge is 0.353 e. The number of nitrogens with one attached hydrogen (secondary N) is 2. The summed E-state index contributed by atoms with van der Waals surface area (Å²) < 4.78 is 11.2. The summed E-state index contributed by atoms with van der Waals surface area (Å²) in [6, 6.07) is 0.787. The summed E-state index contributed by atoms with van der Waals surface area (Å²) in [6.45, 7) is 0. The molecule has 17 heavy (non-hydrogen) atoms. The van der Waals surface area contributed by atoms with Gasteiger partial charge in [0.2, 0.25) is 5.96 Å². The molecule has 0 aromatic rings. The standard InChI is InChI=1S/C11H22N4OS/c12-15-11(13-9-3-1-2-4-9)14-10-5-7-17(16)8-6-10/h9-10H,1-8,12H2,(H2,13,14,15). The molecule has 0 atom stereocenters. The Hall–Kier alpha value is -0.620. The van der Waals surface area contributed by atoms with Crippen LogP contribution in [0.2, 0.25) is 0 Å². The summed E-state index contributed by atoms with van der Waals surface area (Å²) in [7, 11) is -0.623. The van der Waals surface area contributed by atoms with Crippen molar-refractivity contribution in [3.63, 3.8) is 0 Å². The van der Waals surface area contributed by atoms with E-state index in [2.05, 4.69) is 15.7 Å². The second kappa shape index (κ2) is 6.35. The molecule has 0 unspecified atom stereocenters. The molecule has 6 heteroatoms. The van der Waals surface area contributed by atoms with Crippen molar-refractivity contribution in [3.8, 4) is 0 Å². The summed E-state index contributed by atoms with van der Waals surface area (Å²) in [5.41, 5.74) is 2.65. The second-order valence-electron chi connectivity index (χ2n) is 4.83. The van der Waals surface area contributed by atoms with Crippen LogP contribution in [0, 0.1) is 0 Å². The Bertz CT molecular complexity index is 292. The maximum Gasteiger partial charge on any atom is 0.206 e. The first-order valence-corrected chi connectivity index (χ1v) is 7.92. The van der Waals surface area contributed by atoms with Gasteiger partial charge < -0.3 is 5.32 Å². The van der Waals surface area contributed by atoms with Gasteiger partial charge in [-0.3, -0.25) is 9.63 Å². The number of rotatable bonds is 2. The van der Waals surface area contributed by atoms with Crippen LogP contribution in [0.3, 0.4) is 0 Å². The fraction of sp³-hybridized carbons (Fsp3) is 0.909. The number of guanidine groups is 1. The van der Waals surface area contributed by atoms with Gasteiger partial charge in [-0.2, -0.15) is 0 Å². The van der Waals surface area contributed by atoms with Crippen LogP contribution in [-0.2, 0) is 10.8 Å². The maximum atomic E-state index is 11.2. The van der Waals surface area contributed by atoms with Crippen LogP contribution in [0.5, 0.6) is 0 Å². The first kappa shape index (κ1) is 12.8. The van der Waals surface area contributed by atoms with E-state index >= 15 is 0 Å². The zero-order chi connectivity index (χ0) is 12.1. The normalized spacial score (nSPS) is 31.5. The van der Waals surface area contributed by atoms with E-state index in [9.17, 15) is 4.21 Å². The molecule has 0 aromatic carbocycles. The van der Waals surface area contributed by atoms with Crippen LogP contribution >= 0.6 is 0 Å². The first-order valence-electron chi connectivity index (χ1n) is 6.44. The molecule has 5 nitrogen and oxygen atoms in total. The van der Waals surface area contributed by atoms with Gasteiger partial charge in [-0.1, -0.05) is 12.8 Å². The average Bonchev–Trinajstić information content (AvgIpc) is 2.84. The van der Waals surface area contributed by atoms with Gasteiger partial charge in [0.05, 0.1) is 6.04 Å². The van der Waals surface area contributed by atoms with Crippen LogP contribution in [0.1, 0.15) is 38.5 Å². The average molecular weight is 258 g/mol. The van der Waals surface area contributed by atoms with Crippen LogP contribution in [-0.4, -0.2) is 33.8 Å². The van der Waals surface area contributed by atoms with Crippen molar-refractivity contribution >= 4 is 16.8 Å². The Morgan fingerprint density at radius 3 is 2.41 bits per heavy atom. The Morgan fingerprint density at radius 2 is 1.82 bits per heavy atom. The molecule has 4 N–H and O–H groups in total. The van der Waals surface area contributed by atoms with Gasteiger partial charge in [-0.25, -0.2) is 10.8 Å². The van der Waals surface area contributed by atoms with Crippen molar-refractivity contribution < 1.29 is 4.21 Å². The first-order chi connectivity index (χ1) is 8.28. The van der Waals surface area contributed by atoms with Crippen molar-refractivity contribution in [1.29, 1.82) is 0 Å². The predicted octanol–water partition coefficient (Wildman–Crippen LogP) is 0.249. The molecular formula is C11H22N4OS. The quantitative estimate of drug-likeness (QED) is 0.287.